The second kappa shape index (κ2) is 5.75. The van der Waals surface area contributed by atoms with Crippen molar-refractivity contribution in [2.45, 2.75) is 0 Å². The van der Waals surface area contributed by atoms with Crippen molar-refractivity contribution in [2.75, 3.05) is 18.6 Å². The van der Waals surface area contributed by atoms with E-state index in [1.54, 1.807) is 0 Å². The molecule has 0 radical (unpaired) electrons. The molecule has 0 amide bonds. The van der Waals surface area contributed by atoms with E-state index in [1.807, 2.05) is 0 Å². The minimum atomic E-state index is -3.13. The lowest BCUT2D eigenvalue weighted by Gasteiger charge is -1.98. The molecule has 68 valence electrons. The fourth-order valence-electron chi connectivity index (χ4n) is 0.324. The van der Waals surface area contributed by atoms with Gasteiger partial charge >= 0.3 is 0 Å². The molecule has 0 saturated carbocycles. The first-order valence-corrected chi connectivity index (χ1v) is 5.41. The van der Waals surface area contributed by atoms with Gasteiger partial charge in [-0.1, -0.05) is 5.04 Å². The third kappa shape index (κ3) is 10.1. The predicted molar refractivity (Wildman–Crippen MR) is 40.1 cm³/mol. The summed E-state index contributed by atoms with van der Waals surface area (Å²) in [4.78, 5) is 0. The van der Waals surface area contributed by atoms with Gasteiger partial charge in [-0.25, -0.2) is 18.4 Å². The van der Waals surface area contributed by atoms with E-state index in [0.29, 0.717) is 5.75 Å². The summed E-state index contributed by atoms with van der Waals surface area (Å²) in [6, 6.07) is 0. The van der Waals surface area contributed by atoms with Gasteiger partial charge in [0.05, 0.1) is 6.26 Å². The first-order chi connectivity index (χ1) is 5.06. The minimum absolute atomic E-state index is 0.229. The fraction of sp³-hybridized carbons (Fsp3) is 1.00. The van der Waals surface area contributed by atoms with Crippen LogP contribution in [0.3, 0.4) is 0 Å². The Morgan fingerprint density at radius 1 is 1.64 bits per heavy atom. The lowest BCUT2D eigenvalue weighted by atomic mass is 10.8. The lowest BCUT2D eigenvalue weighted by Crippen LogP contribution is -2.24. The topological polar surface area (TPSA) is 84.9 Å². The van der Waals surface area contributed by atoms with Crippen molar-refractivity contribution in [3.63, 3.8) is 0 Å². The van der Waals surface area contributed by atoms with E-state index in [2.05, 4.69) is 14.1 Å². The Bertz CT molecular complexity index is 178. The molecule has 8 heteroatoms. The molecule has 0 bridgehead atoms. The molecule has 0 rings (SSSR count). The van der Waals surface area contributed by atoms with Gasteiger partial charge < -0.3 is 0 Å². The third-order valence-corrected chi connectivity index (χ3v) is 1.88. The van der Waals surface area contributed by atoms with Crippen LogP contribution in [0.2, 0.25) is 0 Å². The average molecular weight is 203 g/mol. The van der Waals surface area contributed by atoms with Crippen molar-refractivity contribution >= 4 is 22.1 Å². The molecule has 6 nitrogen and oxygen atoms in total. The van der Waals surface area contributed by atoms with Crippen molar-refractivity contribution < 1.29 is 23.0 Å². The van der Waals surface area contributed by atoms with Crippen molar-refractivity contribution in [1.29, 1.82) is 0 Å². The predicted octanol–water partition coefficient (Wildman–Crippen LogP) is -0.395. The van der Waals surface area contributed by atoms with Crippen molar-refractivity contribution in [3.8, 4) is 0 Å². The van der Waals surface area contributed by atoms with Gasteiger partial charge in [-0.15, -0.1) is 4.33 Å². The van der Waals surface area contributed by atoms with Crippen LogP contribution in [-0.2, 0) is 19.4 Å². The first kappa shape index (κ1) is 11.1. The molecule has 0 unspecified atom stereocenters. The summed E-state index contributed by atoms with van der Waals surface area (Å²) in [6.45, 7) is 0.229. The van der Waals surface area contributed by atoms with Gasteiger partial charge in [0.25, 0.3) is 0 Å². The van der Waals surface area contributed by atoms with Crippen molar-refractivity contribution in [2.24, 2.45) is 0 Å². The first-order valence-electron chi connectivity index (χ1n) is 2.60. The summed E-state index contributed by atoms with van der Waals surface area (Å²) in [7, 11) is -3.13. The highest BCUT2D eigenvalue weighted by molar-refractivity contribution is 7.94. The molecular formula is C3H9NO5S2. The van der Waals surface area contributed by atoms with Gasteiger partial charge in [-0.3, -0.25) is 0 Å². The summed E-state index contributed by atoms with van der Waals surface area (Å²) in [6.07, 6.45) is 1.06. The van der Waals surface area contributed by atoms with Crippen molar-refractivity contribution in [3.05, 3.63) is 0 Å². The summed E-state index contributed by atoms with van der Waals surface area (Å²) in [5, 5.41) is 10.9. The number of sulfonamides is 1. The molecule has 0 saturated heterocycles. The van der Waals surface area contributed by atoms with Gasteiger partial charge in [0.2, 0.25) is 10.0 Å². The summed E-state index contributed by atoms with van der Waals surface area (Å²) < 4.78 is 27.0. The fourth-order valence-corrected chi connectivity index (χ4v) is 1.22. The normalized spacial score (nSPS) is 11.8. The van der Waals surface area contributed by atoms with Gasteiger partial charge in [0.1, 0.15) is 0 Å². The highest BCUT2D eigenvalue weighted by Gasteiger charge is 1.98. The third-order valence-electron chi connectivity index (χ3n) is 0.628. The maximum absolute atomic E-state index is 10.4. The number of hydrogen-bond acceptors (Lipinski definition) is 6. The Balaban J connectivity index is 3.16. The molecule has 0 atom stereocenters. The van der Waals surface area contributed by atoms with Crippen LogP contribution in [0.1, 0.15) is 0 Å². The second-order valence-corrected chi connectivity index (χ2v) is 4.24. The average Bonchev–Trinajstić information content (AvgIpc) is 1.85. The van der Waals surface area contributed by atoms with E-state index in [4.69, 9.17) is 5.26 Å². The monoisotopic (exact) mass is 203 g/mol. The highest BCUT2D eigenvalue weighted by Crippen LogP contribution is 1.99. The zero-order valence-electron chi connectivity index (χ0n) is 5.81. The zero-order valence-corrected chi connectivity index (χ0v) is 7.44. The zero-order chi connectivity index (χ0) is 8.74. The van der Waals surface area contributed by atoms with E-state index >= 15 is 0 Å². The quantitative estimate of drug-likeness (QED) is 0.264. The summed E-state index contributed by atoms with van der Waals surface area (Å²) in [5.41, 5.74) is 0. The van der Waals surface area contributed by atoms with Crippen LogP contribution in [0.4, 0.5) is 0 Å². The van der Waals surface area contributed by atoms with Crippen LogP contribution < -0.4 is 4.72 Å². The van der Waals surface area contributed by atoms with Gasteiger partial charge in [-0.05, 0) is 0 Å². The van der Waals surface area contributed by atoms with Crippen LogP contribution >= 0.6 is 12.0 Å². The summed E-state index contributed by atoms with van der Waals surface area (Å²) >= 11 is 0.795. The molecule has 0 aromatic rings. The van der Waals surface area contributed by atoms with Crippen molar-refractivity contribution in [1.82, 2.24) is 4.72 Å². The standard InChI is InChI=1S/C3H9NO5S2/c1-11(6,7)4-2-3-10-9-8-5/h4-5H,2-3H2,1H3. The largest absolute Gasteiger partial charge is 0.220 e. The van der Waals surface area contributed by atoms with Crippen LogP contribution in [0, 0.1) is 0 Å². The Hall–Kier alpha value is 0.140. The molecule has 2 N–H and O–H groups in total. The number of hydrogen-bond donors (Lipinski definition) is 2. The lowest BCUT2D eigenvalue weighted by molar-refractivity contribution is -0.432. The van der Waals surface area contributed by atoms with Gasteiger partial charge in [0, 0.05) is 24.3 Å². The Morgan fingerprint density at radius 3 is 2.73 bits per heavy atom. The van der Waals surface area contributed by atoms with Crippen LogP contribution in [-0.4, -0.2) is 32.2 Å². The Kier molecular flexibility index (Phi) is 5.82. The SMILES string of the molecule is CS(=O)(=O)NCCSOOO. The maximum Gasteiger partial charge on any atom is 0.208 e. The highest BCUT2D eigenvalue weighted by atomic mass is 32.2. The van der Waals surface area contributed by atoms with E-state index in [9.17, 15) is 8.42 Å². The number of rotatable bonds is 6. The molecule has 11 heavy (non-hydrogen) atoms. The van der Waals surface area contributed by atoms with Crippen LogP contribution in [0.25, 0.3) is 0 Å². The van der Waals surface area contributed by atoms with Crippen LogP contribution in [0.15, 0.2) is 0 Å². The summed E-state index contributed by atoms with van der Waals surface area (Å²) in [5.74, 6) is 0.355. The molecule has 0 aromatic heterocycles. The molecule has 0 aliphatic carbocycles. The van der Waals surface area contributed by atoms with E-state index in [1.165, 1.54) is 0 Å². The maximum atomic E-state index is 10.4. The van der Waals surface area contributed by atoms with E-state index in [0.717, 1.165) is 18.3 Å². The molecular weight excluding hydrogens is 194 g/mol. The Morgan fingerprint density at radius 2 is 2.27 bits per heavy atom. The smallest absolute Gasteiger partial charge is 0.208 e. The minimum Gasteiger partial charge on any atom is -0.220 e. The molecule has 0 aromatic carbocycles. The van der Waals surface area contributed by atoms with E-state index in [-0.39, 0.29) is 6.54 Å². The molecule has 0 fully saturated rings. The molecule has 0 aliphatic rings. The molecule has 0 heterocycles. The van der Waals surface area contributed by atoms with Gasteiger partial charge in [0.15, 0.2) is 0 Å². The number of nitrogens with one attached hydrogen (secondary N) is 1. The van der Waals surface area contributed by atoms with Gasteiger partial charge in [-0.2, -0.15) is 0 Å². The molecule has 0 aliphatic heterocycles. The molecule has 0 spiro atoms. The van der Waals surface area contributed by atoms with Crippen LogP contribution in [0.5, 0.6) is 0 Å². The van der Waals surface area contributed by atoms with E-state index < -0.39 is 10.0 Å². The second-order valence-electron chi connectivity index (χ2n) is 1.63. The Labute approximate surface area is 69.0 Å².